The Morgan fingerprint density at radius 1 is 0.912 bits per heavy atom. The minimum atomic E-state index is -3.86. The van der Waals surface area contributed by atoms with Gasteiger partial charge in [-0.15, -0.1) is 0 Å². The van der Waals surface area contributed by atoms with E-state index in [0.29, 0.717) is 16.5 Å². The number of carbonyl (C=O) groups excluding carboxylic acids is 1. The lowest BCUT2D eigenvalue weighted by molar-refractivity contribution is -0.139. The zero-order valence-corrected chi connectivity index (χ0v) is 20.6. The maximum Gasteiger partial charge on any atom is 0.309 e. The molecule has 0 aromatic heterocycles. The van der Waals surface area contributed by atoms with Crippen LogP contribution < -0.4 is 0 Å². The van der Waals surface area contributed by atoms with Gasteiger partial charge in [0.2, 0.25) is 9.84 Å². The zero-order valence-electron chi connectivity index (χ0n) is 18.2. The van der Waals surface area contributed by atoms with Crippen molar-refractivity contribution in [3.05, 3.63) is 93.7 Å². The lowest BCUT2D eigenvalue weighted by Crippen LogP contribution is -2.07. The van der Waals surface area contributed by atoms with E-state index in [4.69, 9.17) is 27.9 Å². The Balaban J connectivity index is 1.86. The van der Waals surface area contributed by atoms with E-state index in [9.17, 15) is 17.6 Å². The summed E-state index contributed by atoms with van der Waals surface area (Å²) in [4.78, 5) is 12.0. The third kappa shape index (κ3) is 4.67. The number of rotatable bonds is 5. The van der Waals surface area contributed by atoms with Crippen LogP contribution in [-0.4, -0.2) is 21.5 Å². The highest BCUT2D eigenvalue weighted by molar-refractivity contribution is 7.91. The molecule has 0 saturated heterocycles. The first-order valence-electron chi connectivity index (χ1n) is 10.2. The Kier molecular flexibility index (Phi) is 6.67. The molecule has 4 nitrogen and oxygen atoms in total. The SMILES string of the molecule is COC(=O)Cc1cc2ccc(F)cc2c(-c2ccc(S(=O)(=O)c3cc(Cl)cc(Cl)c3)cc2)c1C. The summed E-state index contributed by atoms with van der Waals surface area (Å²) in [6.45, 7) is 1.84. The fourth-order valence-corrected chi connectivity index (χ4v) is 5.92. The van der Waals surface area contributed by atoms with Gasteiger partial charge in [-0.05, 0) is 82.4 Å². The van der Waals surface area contributed by atoms with Crippen LogP contribution in [0.25, 0.3) is 21.9 Å². The van der Waals surface area contributed by atoms with Gasteiger partial charge in [-0.1, -0.05) is 47.5 Å². The number of sulfone groups is 1. The molecule has 0 unspecified atom stereocenters. The minimum absolute atomic E-state index is 0.0125. The number of fused-ring (bicyclic) bond motifs is 1. The predicted octanol–water partition coefficient (Wildman–Crippen LogP) is 6.81. The number of hydrogen-bond donors (Lipinski definition) is 0. The van der Waals surface area contributed by atoms with E-state index in [0.717, 1.165) is 16.5 Å². The normalized spacial score (nSPS) is 11.6. The van der Waals surface area contributed by atoms with Crippen molar-refractivity contribution in [2.75, 3.05) is 7.11 Å². The van der Waals surface area contributed by atoms with Crippen LogP contribution in [0.15, 0.2) is 76.5 Å². The number of methoxy groups -OCH3 is 1. The van der Waals surface area contributed by atoms with Gasteiger partial charge in [0, 0.05) is 10.0 Å². The molecule has 34 heavy (non-hydrogen) atoms. The molecule has 0 heterocycles. The number of esters is 1. The first-order chi connectivity index (χ1) is 16.1. The van der Waals surface area contributed by atoms with E-state index in [1.54, 1.807) is 18.2 Å². The van der Waals surface area contributed by atoms with E-state index in [1.165, 1.54) is 49.6 Å². The van der Waals surface area contributed by atoms with E-state index in [2.05, 4.69) is 0 Å². The fraction of sp³-hybridized carbons (Fsp3) is 0.115. The van der Waals surface area contributed by atoms with Gasteiger partial charge in [0.1, 0.15) is 5.82 Å². The van der Waals surface area contributed by atoms with Crippen molar-refractivity contribution < 1.29 is 22.3 Å². The Morgan fingerprint density at radius 2 is 1.56 bits per heavy atom. The molecule has 4 aromatic carbocycles. The summed E-state index contributed by atoms with van der Waals surface area (Å²) in [5.74, 6) is -0.789. The van der Waals surface area contributed by atoms with Gasteiger partial charge in [0.25, 0.3) is 0 Å². The van der Waals surface area contributed by atoms with Crippen LogP contribution in [0.4, 0.5) is 4.39 Å². The average Bonchev–Trinajstić information content (AvgIpc) is 2.79. The van der Waals surface area contributed by atoms with Crippen LogP contribution in [-0.2, 0) is 25.8 Å². The number of carbonyl (C=O) groups is 1. The Labute approximate surface area is 206 Å². The van der Waals surface area contributed by atoms with Gasteiger partial charge in [-0.2, -0.15) is 0 Å². The van der Waals surface area contributed by atoms with Crippen molar-refractivity contribution in [1.82, 2.24) is 0 Å². The lowest BCUT2D eigenvalue weighted by atomic mass is 9.89. The monoisotopic (exact) mass is 516 g/mol. The second kappa shape index (κ2) is 9.37. The molecule has 0 radical (unpaired) electrons. The molecule has 174 valence electrons. The first-order valence-corrected chi connectivity index (χ1v) is 12.4. The van der Waals surface area contributed by atoms with Gasteiger partial charge in [0.05, 0.1) is 23.3 Å². The second-order valence-electron chi connectivity index (χ2n) is 7.79. The second-order valence-corrected chi connectivity index (χ2v) is 10.6. The van der Waals surface area contributed by atoms with Gasteiger partial charge in [-0.3, -0.25) is 4.79 Å². The molecule has 0 spiro atoms. The third-order valence-electron chi connectivity index (χ3n) is 5.63. The van der Waals surface area contributed by atoms with Crippen molar-refractivity contribution in [2.24, 2.45) is 0 Å². The molecule has 0 aliphatic rings. The van der Waals surface area contributed by atoms with E-state index < -0.39 is 21.6 Å². The molecule has 0 saturated carbocycles. The molecule has 4 rings (SSSR count). The highest BCUT2D eigenvalue weighted by atomic mass is 35.5. The zero-order chi connectivity index (χ0) is 24.6. The predicted molar refractivity (Wildman–Crippen MR) is 132 cm³/mol. The summed E-state index contributed by atoms with van der Waals surface area (Å²) in [6.07, 6.45) is 0.0602. The molecule has 0 aliphatic carbocycles. The molecule has 0 bridgehead atoms. The first kappa shape index (κ1) is 24.2. The van der Waals surface area contributed by atoms with Crippen molar-refractivity contribution in [3.63, 3.8) is 0 Å². The van der Waals surface area contributed by atoms with Gasteiger partial charge in [-0.25, -0.2) is 12.8 Å². The summed E-state index contributed by atoms with van der Waals surface area (Å²) in [5.41, 5.74) is 2.92. The van der Waals surface area contributed by atoms with Crippen LogP contribution in [0, 0.1) is 12.7 Å². The summed E-state index contributed by atoms with van der Waals surface area (Å²) in [6, 6.07) is 16.7. The third-order valence-corrected chi connectivity index (χ3v) is 7.82. The lowest BCUT2D eigenvalue weighted by Gasteiger charge is -2.16. The topological polar surface area (TPSA) is 60.4 Å². The van der Waals surface area contributed by atoms with E-state index in [1.807, 2.05) is 13.0 Å². The van der Waals surface area contributed by atoms with Gasteiger partial charge in [0.15, 0.2) is 0 Å². The molecule has 0 atom stereocenters. The van der Waals surface area contributed by atoms with Crippen LogP contribution in [0.1, 0.15) is 11.1 Å². The summed E-state index contributed by atoms with van der Waals surface area (Å²) >= 11 is 12.0. The number of hydrogen-bond acceptors (Lipinski definition) is 4. The quantitative estimate of drug-likeness (QED) is 0.273. The Bertz CT molecular complexity index is 1510. The maximum absolute atomic E-state index is 14.1. The fourth-order valence-electron chi connectivity index (χ4n) is 3.93. The molecule has 0 N–H and O–H groups in total. The summed E-state index contributed by atoms with van der Waals surface area (Å²) in [7, 11) is -2.54. The Hall–Kier alpha value is -2.93. The van der Waals surface area contributed by atoms with Crippen molar-refractivity contribution in [1.29, 1.82) is 0 Å². The summed E-state index contributed by atoms with van der Waals surface area (Å²) in [5, 5.41) is 1.85. The molecular formula is C26H19Cl2FO4S. The molecule has 8 heteroatoms. The standard InChI is InChI=1S/C26H19Cl2FO4S/c1-15-18(10-25(30)33-2)9-17-3-6-21(29)14-24(17)26(15)16-4-7-22(8-5-16)34(31,32)23-12-19(27)11-20(28)13-23/h3-9,11-14H,10H2,1-2H3. The smallest absolute Gasteiger partial charge is 0.309 e. The minimum Gasteiger partial charge on any atom is -0.469 e. The largest absolute Gasteiger partial charge is 0.469 e. The molecular weight excluding hydrogens is 498 g/mol. The molecule has 4 aromatic rings. The van der Waals surface area contributed by atoms with Gasteiger partial charge < -0.3 is 4.74 Å². The molecule has 0 amide bonds. The van der Waals surface area contributed by atoms with Gasteiger partial charge >= 0.3 is 5.97 Å². The summed E-state index contributed by atoms with van der Waals surface area (Å²) < 4.78 is 45.1. The highest BCUT2D eigenvalue weighted by Crippen LogP contribution is 2.36. The molecule has 0 fully saturated rings. The van der Waals surface area contributed by atoms with E-state index >= 15 is 0 Å². The maximum atomic E-state index is 14.1. The van der Waals surface area contributed by atoms with Crippen LogP contribution >= 0.6 is 23.2 Å². The van der Waals surface area contributed by atoms with Crippen LogP contribution in [0.2, 0.25) is 10.0 Å². The number of benzene rings is 4. The van der Waals surface area contributed by atoms with Crippen LogP contribution in [0.3, 0.4) is 0 Å². The Morgan fingerprint density at radius 3 is 2.18 bits per heavy atom. The highest BCUT2D eigenvalue weighted by Gasteiger charge is 2.20. The van der Waals surface area contributed by atoms with Crippen molar-refractivity contribution >= 4 is 49.8 Å². The molecule has 0 aliphatic heterocycles. The van der Waals surface area contributed by atoms with Crippen LogP contribution in [0.5, 0.6) is 0 Å². The van der Waals surface area contributed by atoms with Crippen molar-refractivity contribution in [3.8, 4) is 11.1 Å². The number of halogens is 3. The van der Waals surface area contributed by atoms with E-state index in [-0.39, 0.29) is 26.3 Å². The van der Waals surface area contributed by atoms with Crippen molar-refractivity contribution in [2.45, 2.75) is 23.1 Å². The number of ether oxygens (including phenoxy) is 1. The average molecular weight is 517 g/mol.